The molecule has 0 bridgehead atoms. The van der Waals surface area contributed by atoms with Crippen molar-refractivity contribution < 1.29 is 4.39 Å². The average molecular weight is 405 g/mol. The second kappa shape index (κ2) is 8.56. The first kappa shape index (κ1) is 18.2. The first-order valence-electron chi connectivity index (χ1n) is 7.30. The zero-order chi connectivity index (χ0) is 14.4. The van der Waals surface area contributed by atoms with Crippen molar-refractivity contribution in [3.05, 3.63) is 35.6 Å². The predicted molar refractivity (Wildman–Crippen MR) is 96.6 cm³/mol. The Bertz CT molecular complexity index is 470. The molecule has 118 valence electrons. The van der Waals surface area contributed by atoms with E-state index < -0.39 is 0 Å². The molecule has 21 heavy (non-hydrogen) atoms. The van der Waals surface area contributed by atoms with Crippen molar-refractivity contribution in [2.75, 3.05) is 13.6 Å². The van der Waals surface area contributed by atoms with Gasteiger partial charge in [0.1, 0.15) is 5.82 Å². The molecule has 0 unspecified atom stereocenters. The first-order valence-corrected chi connectivity index (χ1v) is 7.30. The molecule has 2 N–H and O–H groups in total. The number of aliphatic imine (C=N–C) groups is 1. The number of guanidine groups is 1. The van der Waals surface area contributed by atoms with E-state index >= 15 is 0 Å². The molecule has 0 aromatic heterocycles. The zero-order valence-corrected chi connectivity index (χ0v) is 15.1. The van der Waals surface area contributed by atoms with Crippen LogP contribution in [0.25, 0.3) is 0 Å². The monoisotopic (exact) mass is 405 g/mol. The van der Waals surface area contributed by atoms with E-state index in [0.717, 1.165) is 18.1 Å². The van der Waals surface area contributed by atoms with Crippen molar-refractivity contribution in [2.24, 2.45) is 10.4 Å². The maximum absolute atomic E-state index is 13.1. The summed E-state index contributed by atoms with van der Waals surface area (Å²) in [5.74, 6) is 0.577. The summed E-state index contributed by atoms with van der Waals surface area (Å²) in [6, 6.07) is 6.62. The van der Waals surface area contributed by atoms with Crippen molar-refractivity contribution >= 4 is 29.9 Å². The molecule has 1 aliphatic carbocycles. The van der Waals surface area contributed by atoms with E-state index in [-0.39, 0.29) is 29.8 Å². The summed E-state index contributed by atoms with van der Waals surface area (Å²) < 4.78 is 13.1. The Balaban J connectivity index is 0.00000220. The van der Waals surface area contributed by atoms with Gasteiger partial charge in [-0.05, 0) is 36.0 Å². The number of rotatable bonds is 4. The molecule has 5 heteroatoms. The highest BCUT2D eigenvalue weighted by atomic mass is 127. The van der Waals surface area contributed by atoms with Crippen LogP contribution in [0, 0.1) is 11.2 Å². The van der Waals surface area contributed by atoms with E-state index in [0.29, 0.717) is 12.0 Å². The van der Waals surface area contributed by atoms with Crippen LogP contribution in [0.1, 0.15) is 38.2 Å². The van der Waals surface area contributed by atoms with Crippen molar-refractivity contribution in [3.63, 3.8) is 0 Å². The molecular formula is C16H25FIN3. The van der Waals surface area contributed by atoms with Crippen LogP contribution in [0.5, 0.6) is 0 Å². The summed E-state index contributed by atoms with van der Waals surface area (Å²) in [6.07, 6.45) is 5.21. The highest BCUT2D eigenvalue weighted by Crippen LogP contribution is 2.36. The normalized spacial score (nSPS) is 17.2. The third-order valence-electron chi connectivity index (χ3n) is 4.07. The number of nitrogens with one attached hydrogen (secondary N) is 2. The fourth-order valence-corrected chi connectivity index (χ4v) is 2.76. The Hall–Kier alpha value is -0.850. The van der Waals surface area contributed by atoms with E-state index in [4.69, 9.17) is 0 Å². The van der Waals surface area contributed by atoms with Crippen LogP contribution in [0.4, 0.5) is 4.39 Å². The molecule has 0 atom stereocenters. The Morgan fingerprint density at radius 2 is 2.00 bits per heavy atom. The van der Waals surface area contributed by atoms with Crippen molar-refractivity contribution in [2.45, 2.75) is 39.2 Å². The lowest BCUT2D eigenvalue weighted by Gasteiger charge is -2.25. The van der Waals surface area contributed by atoms with Gasteiger partial charge in [0.25, 0.3) is 0 Å². The predicted octanol–water partition coefficient (Wildman–Crippen LogP) is 3.69. The smallest absolute Gasteiger partial charge is 0.191 e. The number of benzene rings is 1. The minimum atomic E-state index is -0.203. The number of hydrogen-bond donors (Lipinski definition) is 2. The van der Waals surface area contributed by atoms with Gasteiger partial charge >= 0.3 is 0 Å². The van der Waals surface area contributed by atoms with E-state index in [9.17, 15) is 4.39 Å². The number of nitrogens with zero attached hydrogens (tertiary/aromatic N) is 1. The second-order valence-electron chi connectivity index (χ2n) is 5.93. The van der Waals surface area contributed by atoms with Crippen LogP contribution in [0.2, 0.25) is 0 Å². The molecule has 0 saturated heterocycles. The lowest BCUT2D eigenvalue weighted by Crippen LogP contribution is -2.41. The lowest BCUT2D eigenvalue weighted by molar-refractivity contribution is 0.334. The number of halogens is 2. The standard InChI is InChI=1S/C16H24FN3.HI/c1-16(8-3-4-9-16)12-20-15(18-2)19-11-13-6-5-7-14(17)10-13;/h5-7,10H,3-4,8-9,11-12H2,1-2H3,(H2,18,19,20);1H. The van der Waals surface area contributed by atoms with Gasteiger partial charge in [-0.1, -0.05) is 31.9 Å². The molecule has 1 aliphatic rings. The Morgan fingerprint density at radius 1 is 1.29 bits per heavy atom. The van der Waals surface area contributed by atoms with Crippen LogP contribution >= 0.6 is 24.0 Å². The van der Waals surface area contributed by atoms with Gasteiger partial charge in [-0.2, -0.15) is 0 Å². The SMILES string of the molecule is CN=C(NCc1cccc(F)c1)NCC1(C)CCCC1.I. The largest absolute Gasteiger partial charge is 0.356 e. The van der Waals surface area contributed by atoms with E-state index in [1.165, 1.54) is 31.7 Å². The molecule has 1 aromatic rings. The summed E-state index contributed by atoms with van der Waals surface area (Å²) in [7, 11) is 1.76. The molecule has 2 rings (SSSR count). The van der Waals surface area contributed by atoms with Gasteiger partial charge in [-0.3, -0.25) is 4.99 Å². The summed E-state index contributed by atoms with van der Waals surface area (Å²) in [4.78, 5) is 4.22. The molecule has 0 heterocycles. The van der Waals surface area contributed by atoms with Gasteiger partial charge in [0.05, 0.1) is 0 Å². The fourth-order valence-electron chi connectivity index (χ4n) is 2.76. The van der Waals surface area contributed by atoms with Gasteiger partial charge in [0.2, 0.25) is 0 Å². The molecule has 3 nitrogen and oxygen atoms in total. The molecule has 0 spiro atoms. The summed E-state index contributed by atoms with van der Waals surface area (Å²) in [6.45, 7) is 3.84. The van der Waals surface area contributed by atoms with Gasteiger partial charge in [-0.15, -0.1) is 24.0 Å². The molecular weight excluding hydrogens is 380 g/mol. The number of hydrogen-bond acceptors (Lipinski definition) is 1. The summed E-state index contributed by atoms with van der Waals surface area (Å²) >= 11 is 0. The zero-order valence-electron chi connectivity index (χ0n) is 12.8. The minimum Gasteiger partial charge on any atom is -0.356 e. The Kier molecular flexibility index (Phi) is 7.42. The lowest BCUT2D eigenvalue weighted by atomic mass is 9.89. The fraction of sp³-hybridized carbons (Fsp3) is 0.562. The molecule has 1 fully saturated rings. The van der Waals surface area contributed by atoms with E-state index in [2.05, 4.69) is 22.5 Å². The van der Waals surface area contributed by atoms with Gasteiger partial charge in [0.15, 0.2) is 5.96 Å². The maximum atomic E-state index is 13.1. The van der Waals surface area contributed by atoms with Crippen LogP contribution < -0.4 is 10.6 Å². The van der Waals surface area contributed by atoms with Crippen molar-refractivity contribution in [3.8, 4) is 0 Å². The molecule has 0 radical (unpaired) electrons. The second-order valence-corrected chi connectivity index (χ2v) is 5.93. The van der Waals surface area contributed by atoms with Gasteiger partial charge in [0, 0.05) is 20.1 Å². The first-order chi connectivity index (χ1) is 9.61. The maximum Gasteiger partial charge on any atom is 0.191 e. The van der Waals surface area contributed by atoms with Crippen LogP contribution in [-0.2, 0) is 6.54 Å². The van der Waals surface area contributed by atoms with Crippen LogP contribution in [-0.4, -0.2) is 19.6 Å². The topological polar surface area (TPSA) is 36.4 Å². The third-order valence-corrected chi connectivity index (χ3v) is 4.07. The van der Waals surface area contributed by atoms with Crippen molar-refractivity contribution in [1.29, 1.82) is 0 Å². The van der Waals surface area contributed by atoms with Gasteiger partial charge in [-0.25, -0.2) is 4.39 Å². The summed E-state index contributed by atoms with van der Waals surface area (Å²) in [5, 5.41) is 6.61. The van der Waals surface area contributed by atoms with Gasteiger partial charge < -0.3 is 10.6 Å². The Labute approximate surface area is 143 Å². The average Bonchev–Trinajstić information content (AvgIpc) is 2.86. The minimum absolute atomic E-state index is 0. The van der Waals surface area contributed by atoms with E-state index in [1.807, 2.05) is 6.07 Å². The highest BCUT2D eigenvalue weighted by Gasteiger charge is 2.28. The third kappa shape index (κ3) is 5.80. The van der Waals surface area contributed by atoms with Crippen molar-refractivity contribution in [1.82, 2.24) is 10.6 Å². The Morgan fingerprint density at radius 3 is 2.62 bits per heavy atom. The van der Waals surface area contributed by atoms with Crippen LogP contribution in [0.15, 0.2) is 29.3 Å². The van der Waals surface area contributed by atoms with E-state index in [1.54, 1.807) is 19.2 Å². The molecule has 0 aliphatic heterocycles. The quantitative estimate of drug-likeness (QED) is 0.456. The van der Waals surface area contributed by atoms with Crippen LogP contribution in [0.3, 0.4) is 0 Å². The molecule has 1 aromatic carbocycles. The summed E-state index contributed by atoms with van der Waals surface area (Å²) in [5.41, 5.74) is 1.30. The molecule has 1 saturated carbocycles. The highest BCUT2D eigenvalue weighted by molar-refractivity contribution is 14.0. The molecule has 0 amide bonds.